The van der Waals surface area contributed by atoms with Gasteiger partial charge >= 0.3 is 0 Å². The van der Waals surface area contributed by atoms with Gasteiger partial charge in [-0.2, -0.15) is 4.98 Å². The molecule has 2 aromatic rings. The Labute approximate surface area is 112 Å². The van der Waals surface area contributed by atoms with E-state index in [1.165, 1.54) is 5.56 Å². The van der Waals surface area contributed by atoms with Crippen molar-refractivity contribution >= 4 is 0 Å². The summed E-state index contributed by atoms with van der Waals surface area (Å²) in [6.07, 6.45) is 3.60. The van der Waals surface area contributed by atoms with E-state index in [0.717, 1.165) is 31.2 Å². The average Bonchev–Trinajstić information content (AvgIpc) is 2.89. The number of hydrogen-bond donors (Lipinski definition) is 1. The van der Waals surface area contributed by atoms with Gasteiger partial charge < -0.3 is 9.63 Å². The van der Waals surface area contributed by atoms with Crippen LogP contribution in [0.3, 0.4) is 0 Å². The molecule has 0 spiro atoms. The first-order chi connectivity index (χ1) is 9.24. The Morgan fingerprint density at radius 2 is 1.89 bits per heavy atom. The lowest BCUT2D eigenvalue weighted by Crippen LogP contribution is -2.22. The zero-order valence-corrected chi connectivity index (χ0v) is 11.0. The molecule has 0 saturated heterocycles. The Kier molecular flexibility index (Phi) is 3.34. The molecular weight excluding hydrogens is 240 g/mol. The molecule has 1 N–H and O–H groups in total. The van der Waals surface area contributed by atoms with E-state index in [2.05, 4.69) is 10.1 Å². The van der Waals surface area contributed by atoms with Crippen LogP contribution in [0.4, 0.5) is 0 Å². The van der Waals surface area contributed by atoms with Crippen molar-refractivity contribution in [3.63, 3.8) is 0 Å². The van der Waals surface area contributed by atoms with Crippen LogP contribution < -0.4 is 0 Å². The zero-order valence-electron chi connectivity index (χ0n) is 11.0. The van der Waals surface area contributed by atoms with Gasteiger partial charge in [-0.15, -0.1) is 0 Å². The summed E-state index contributed by atoms with van der Waals surface area (Å²) in [6, 6.07) is 8.03. The lowest BCUT2D eigenvalue weighted by Gasteiger charge is -2.24. The van der Waals surface area contributed by atoms with Crippen molar-refractivity contribution in [1.82, 2.24) is 10.1 Å². The third-order valence-electron chi connectivity index (χ3n) is 3.80. The number of nitrogens with zero attached hydrogens (tertiary/aromatic N) is 2. The minimum Gasteiger partial charge on any atom is -0.392 e. The van der Waals surface area contributed by atoms with Crippen LogP contribution in [0, 0.1) is 6.92 Å². The Hall–Kier alpha value is -1.68. The molecule has 2 atom stereocenters. The van der Waals surface area contributed by atoms with Gasteiger partial charge in [-0.05, 0) is 19.8 Å². The summed E-state index contributed by atoms with van der Waals surface area (Å²) in [5.74, 6) is 1.18. The molecule has 19 heavy (non-hydrogen) atoms. The zero-order chi connectivity index (χ0) is 13.2. The van der Waals surface area contributed by atoms with Crippen molar-refractivity contribution in [2.75, 3.05) is 0 Å². The van der Waals surface area contributed by atoms with Crippen LogP contribution in [-0.4, -0.2) is 21.4 Å². The lowest BCUT2D eigenvalue weighted by atomic mass is 9.86. The minimum absolute atomic E-state index is 0.000415. The van der Waals surface area contributed by atoms with Gasteiger partial charge in [0.15, 0.2) is 0 Å². The lowest BCUT2D eigenvalue weighted by molar-refractivity contribution is 0.0908. The second-order valence-electron chi connectivity index (χ2n) is 5.28. The van der Waals surface area contributed by atoms with Gasteiger partial charge in [-0.1, -0.05) is 47.8 Å². The fourth-order valence-corrected chi connectivity index (χ4v) is 2.61. The Bertz CT molecular complexity index is 548. The second kappa shape index (κ2) is 5.13. The fraction of sp³-hybridized carbons (Fsp3) is 0.467. The van der Waals surface area contributed by atoms with Gasteiger partial charge in [0.05, 0.1) is 12.0 Å². The highest BCUT2D eigenvalue weighted by molar-refractivity contribution is 5.54. The summed E-state index contributed by atoms with van der Waals surface area (Å²) in [7, 11) is 0. The number of rotatable bonds is 2. The molecule has 0 aliphatic heterocycles. The van der Waals surface area contributed by atoms with Gasteiger partial charge in [-0.3, -0.25) is 0 Å². The largest absolute Gasteiger partial charge is 0.392 e. The summed E-state index contributed by atoms with van der Waals surface area (Å²) in [6.45, 7) is 2.05. The van der Waals surface area contributed by atoms with Gasteiger partial charge in [0.2, 0.25) is 11.7 Å². The van der Waals surface area contributed by atoms with Crippen LogP contribution in [-0.2, 0) is 0 Å². The van der Waals surface area contributed by atoms with Crippen molar-refractivity contribution in [1.29, 1.82) is 0 Å². The quantitative estimate of drug-likeness (QED) is 0.899. The maximum absolute atomic E-state index is 10.0. The predicted molar refractivity (Wildman–Crippen MR) is 71.7 cm³/mol. The fourth-order valence-electron chi connectivity index (χ4n) is 2.61. The molecule has 1 aliphatic carbocycles. The van der Waals surface area contributed by atoms with Gasteiger partial charge in [-0.25, -0.2) is 0 Å². The molecule has 0 radical (unpaired) electrons. The molecule has 2 unspecified atom stereocenters. The monoisotopic (exact) mass is 258 g/mol. The van der Waals surface area contributed by atoms with E-state index in [9.17, 15) is 5.11 Å². The first-order valence-corrected chi connectivity index (χ1v) is 6.83. The first kappa shape index (κ1) is 12.4. The highest BCUT2D eigenvalue weighted by Crippen LogP contribution is 2.32. The number of aryl methyl sites for hydroxylation is 1. The van der Waals surface area contributed by atoms with Crippen LogP contribution in [0.2, 0.25) is 0 Å². The molecule has 1 aromatic heterocycles. The highest BCUT2D eigenvalue weighted by atomic mass is 16.5. The van der Waals surface area contributed by atoms with Crippen LogP contribution in [0.5, 0.6) is 0 Å². The van der Waals surface area contributed by atoms with E-state index < -0.39 is 0 Å². The smallest absolute Gasteiger partial charge is 0.232 e. The van der Waals surface area contributed by atoms with Crippen molar-refractivity contribution in [2.45, 2.75) is 44.6 Å². The summed E-state index contributed by atoms with van der Waals surface area (Å²) >= 11 is 0. The standard InChI is InChI=1S/C15H18N2O2/c1-10-6-8-11(9-7-10)14-16-15(19-17-14)12-4-2-3-5-13(12)18/h6-9,12-13,18H,2-5H2,1H3. The molecule has 0 bridgehead atoms. The normalized spacial score (nSPS) is 23.5. The van der Waals surface area contributed by atoms with E-state index in [0.29, 0.717) is 11.7 Å². The third kappa shape index (κ3) is 2.54. The van der Waals surface area contributed by atoms with Gasteiger partial charge in [0, 0.05) is 5.56 Å². The van der Waals surface area contributed by atoms with E-state index >= 15 is 0 Å². The minimum atomic E-state index is -0.347. The molecule has 1 saturated carbocycles. The maximum Gasteiger partial charge on any atom is 0.232 e. The molecule has 0 amide bonds. The Balaban J connectivity index is 1.84. The number of aliphatic hydroxyl groups is 1. The van der Waals surface area contributed by atoms with Crippen LogP contribution in [0.25, 0.3) is 11.4 Å². The third-order valence-corrected chi connectivity index (χ3v) is 3.80. The second-order valence-corrected chi connectivity index (χ2v) is 5.28. The number of aromatic nitrogens is 2. The van der Waals surface area contributed by atoms with Gasteiger partial charge in [0.25, 0.3) is 0 Å². The van der Waals surface area contributed by atoms with E-state index in [4.69, 9.17) is 4.52 Å². The van der Waals surface area contributed by atoms with Crippen LogP contribution in [0.15, 0.2) is 28.8 Å². The van der Waals surface area contributed by atoms with Crippen molar-refractivity contribution in [3.8, 4) is 11.4 Å². The van der Waals surface area contributed by atoms with Crippen molar-refractivity contribution < 1.29 is 9.63 Å². The predicted octanol–water partition coefficient (Wildman–Crippen LogP) is 3.06. The maximum atomic E-state index is 10.0. The highest BCUT2D eigenvalue weighted by Gasteiger charge is 2.29. The molecule has 4 heteroatoms. The summed E-state index contributed by atoms with van der Waals surface area (Å²) < 4.78 is 5.34. The molecule has 3 rings (SSSR count). The first-order valence-electron chi connectivity index (χ1n) is 6.83. The van der Waals surface area contributed by atoms with E-state index in [1.54, 1.807) is 0 Å². The molecule has 1 heterocycles. The SMILES string of the molecule is Cc1ccc(-c2noc(C3CCCCC3O)n2)cc1. The molecule has 100 valence electrons. The average molecular weight is 258 g/mol. The van der Waals surface area contributed by atoms with Crippen molar-refractivity contribution in [3.05, 3.63) is 35.7 Å². The Morgan fingerprint density at radius 1 is 1.16 bits per heavy atom. The molecular formula is C15H18N2O2. The topological polar surface area (TPSA) is 59.2 Å². The van der Waals surface area contributed by atoms with E-state index in [1.807, 2.05) is 31.2 Å². The summed E-state index contributed by atoms with van der Waals surface area (Å²) in [4.78, 5) is 4.45. The van der Waals surface area contributed by atoms with Crippen molar-refractivity contribution in [2.24, 2.45) is 0 Å². The van der Waals surface area contributed by atoms with Crippen LogP contribution >= 0.6 is 0 Å². The molecule has 1 fully saturated rings. The summed E-state index contributed by atoms with van der Waals surface area (Å²) in [5.41, 5.74) is 2.15. The molecule has 4 nitrogen and oxygen atoms in total. The number of benzene rings is 1. The van der Waals surface area contributed by atoms with Gasteiger partial charge in [0.1, 0.15) is 0 Å². The van der Waals surface area contributed by atoms with Crippen LogP contribution in [0.1, 0.15) is 43.1 Å². The number of aliphatic hydroxyl groups excluding tert-OH is 1. The molecule has 1 aromatic carbocycles. The molecule has 1 aliphatic rings. The number of hydrogen-bond acceptors (Lipinski definition) is 4. The summed E-state index contributed by atoms with van der Waals surface area (Å²) in [5, 5.41) is 14.0. The van der Waals surface area contributed by atoms with E-state index in [-0.39, 0.29) is 12.0 Å². The Morgan fingerprint density at radius 3 is 2.63 bits per heavy atom.